The molecule has 0 radical (unpaired) electrons. The third kappa shape index (κ3) is 2.97. The molecule has 0 unspecified atom stereocenters. The molecule has 1 aliphatic rings. The Morgan fingerprint density at radius 2 is 2.14 bits per heavy atom. The molecule has 9 heteroatoms. The molecule has 0 aliphatic carbocycles. The molecule has 0 atom stereocenters. The van der Waals surface area contributed by atoms with Crippen molar-refractivity contribution in [2.24, 2.45) is 0 Å². The van der Waals surface area contributed by atoms with Crippen molar-refractivity contribution in [3.63, 3.8) is 0 Å². The second-order valence-electron chi connectivity index (χ2n) is 6.86. The number of amides is 1. The Kier molecular flexibility index (Phi) is 4.46. The number of nitro groups is 1. The molecule has 0 saturated heterocycles. The molecule has 1 aromatic carbocycles. The SMILES string of the molecule is Cc1sc2ncn(CC(=O)N3CCCc4cc([N+](=O)[O-])ccc43)c(=O)c2c1C. The average molecular weight is 398 g/mol. The monoisotopic (exact) mass is 398 g/mol. The third-order valence-electron chi connectivity index (χ3n) is 5.16. The van der Waals surface area contributed by atoms with E-state index in [-0.39, 0.29) is 23.7 Å². The average Bonchev–Trinajstić information content (AvgIpc) is 2.97. The maximum Gasteiger partial charge on any atom is 0.269 e. The highest BCUT2D eigenvalue weighted by molar-refractivity contribution is 7.18. The van der Waals surface area contributed by atoms with Crippen LogP contribution in [0.2, 0.25) is 0 Å². The largest absolute Gasteiger partial charge is 0.311 e. The predicted molar refractivity (Wildman–Crippen MR) is 107 cm³/mol. The first-order valence-electron chi connectivity index (χ1n) is 8.89. The minimum absolute atomic E-state index is 0.0159. The number of benzene rings is 1. The molecule has 0 N–H and O–H groups in total. The van der Waals surface area contributed by atoms with Gasteiger partial charge in [-0.3, -0.25) is 24.3 Å². The number of thiophene rings is 1. The highest BCUT2D eigenvalue weighted by Crippen LogP contribution is 2.31. The summed E-state index contributed by atoms with van der Waals surface area (Å²) in [5, 5.41) is 11.6. The van der Waals surface area contributed by atoms with E-state index in [1.54, 1.807) is 11.0 Å². The number of non-ortho nitro benzene ring substituents is 1. The van der Waals surface area contributed by atoms with Gasteiger partial charge in [-0.1, -0.05) is 0 Å². The topological polar surface area (TPSA) is 98.3 Å². The van der Waals surface area contributed by atoms with Gasteiger partial charge < -0.3 is 4.90 Å². The Morgan fingerprint density at radius 1 is 1.36 bits per heavy atom. The summed E-state index contributed by atoms with van der Waals surface area (Å²) in [7, 11) is 0. The van der Waals surface area contributed by atoms with Crippen LogP contribution in [-0.4, -0.2) is 26.9 Å². The Morgan fingerprint density at radius 3 is 2.89 bits per heavy atom. The Labute approximate surface area is 164 Å². The molecule has 0 spiro atoms. The highest BCUT2D eigenvalue weighted by atomic mass is 32.1. The van der Waals surface area contributed by atoms with Crippen molar-refractivity contribution >= 4 is 38.8 Å². The summed E-state index contributed by atoms with van der Waals surface area (Å²) in [5.41, 5.74) is 2.14. The number of carbonyl (C=O) groups excluding carboxylic acids is 1. The quantitative estimate of drug-likeness (QED) is 0.499. The van der Waals surface area contributed by atoms with Crippen molar-refractivity contribution in [2.45, 2.75) is 33.2 Å². The van der Waals surface area contributed by atoms with E-state index in [0.717, 1.165) is 22.4 Å². The van der Waals surface area contributed by atoms with E-state index in [4.69, 9.17) is 0 Å². The summed E-state index contributed by atoms with van der Waals surface area (Å²) in [4.78, 5) is 44.0. The van der Waals surface area contributed by atoms with Gasteiger partial charge in [-0.15, -0.1) is 11.3 Å². The number of aromatic nitrogens is 2. The number of rotatable bonds is 3. The molecule has 1 amide bonds. The Hall–Kier alpha value is -3.07. The molecule has 1 aliphatic heterocycles. The van der Waals surface area contributed by atoms with E-state index in [1.165, 1.54) is 34.4 Å². The van der Waals surface area contributed by atoms with Gasteiger partial charge in [-0.2, -0.15) is 0 Å². The molecule has 2 aromatic heterocycles. The molecule has 0 fully saturated rings. The van der Waals surface area contributed by atoms with Crippen LogP contribution in [0.25, 0.3) is 10.2 Å². The first-order chi connectivity index (χ1) is 13.4. The first kappa shape index (κ1) is 18.3. The van der Waals surface area contributed by atoms with E-state index in [2.05, 4.69) is 4.98 Å². The lowest BCUT2D eigenvalue weighted by Crippen LogP contribution is -2.39. The van der Waals surface area contributed by atoms with Gasteiger partial charge in [0.05, 0.1) is 16.6 Å². The van der Waals surface area contributed by atoms with Crippen LogP contribution in [-0.2, 0) is 17.8 Å². The summed E-state index contributed by atoms with van der Waals surface area (Å²) >= 11 is 1.47. The number of hydrogen-bond acceptors (Lipinski definition) is 6. The van der Waals surface area contributed by atoms with Crippen molar-refractivity contribution in [1.82, 2.24) is 9.55 Å². The molecule has 3 aromatic rings. The maximum atomic E-state index is 12.9. The van der Waals surface area contributed by atoms with Gasteiger partial charge in [0.15, 0.2) is 0 Å². The van der Waals surface area contributed by atoms with Crippen molar-refractivity contribution in [3.8, 4) is 0 Å². The van der Waals surface area contributed by atoms with Crippen LogP contribution >= 0.6 is 11.3 Å². The number of nitrogens with zero attached hydrogens (tertiary/aromatic N) is 4. The Bertz CT molecular complexity index is 1180. The van der Waals surface area contributed by atoms with Gasteiger partial charge in [-0.05, 0) is 43.9 Å². The van der Waals surface area contributed by atoms with E-state index in [1.807, 2.05) is 13.8 Å². The van der Waals surface area contributed by atoms with Gasteiger partial charge in [-0.25, -0.2) is 4.98 Å². The lowest BCUT2D eigenvalue weighted by Gasteiger charge is -2.29. The van der Waals surface area contributed by atoms with Gasteiger partial charge in [0.25, 0.3) is 11.2 Å². The zero-order valence-corrected chi connectivity index (χ0v) is 16.3. The zero-order valence-electron chi connectivity index (χ0n) is 15.5. The molecular weight excluding hydrogens is 380 g/mol. The molecule has 0 bridgehead atoms. The predicted octanol–water partition coefficient (Wildman–Crippen LogP) is 2.96. The lowest BCUT2D eigenvalue weighted by molar-refractivity contribution is -0.384. The molecule has 8 nitrogen and oxygen atoms in total. The number of aryl methyl sites for hydroxylation is 3. The molecular formula is C19H18N4O4S. The van der Waals surface area contributed by atoms with Crippen molar-refractivity contribution in [1.29, 1.82) is 0 Å². The van der Waals surface area contributed by atoms with E-state index in [9.17, 15) is 19.7 Å². The van der Waals surface area contributed by atoms with Crippen LogP contribution in [0.5, 0.6) is 0 Å². The number of fused-ring (bicyclic) bond motifs is 2. The summed E-state index contributed by atoms with van der Waals surface area (Å²) < 4.78 is 1.34. The van der Waals surface area contributed by atoms with Crippen LogP contribution in [0.4, 0.5) is 11.4 Å². The minimum Gasteiger partial charge on any atom is -0.311 e. The van der Waals surface area contributed by atoms with Crippen molar-refractivity contribution < 1.29 is 9.72 Å². The number of hydrogen-bond donors (Lipinski definition) is 0. The number of nitro benzene ring substituents is 1. The molecule has 3 heterocycles. The number of carbonyl (C=O) groups is 1. The van der Waals surface area contributed by atoms with Crippen molar-refractivity contribution in [2.75, 3.05) is 11.4 Å². The van der Waals surface area contributed by atoms with Crippen LogP contribution in [0.1, 0.15) is 22.4 Å². The molecule has 144 valence electrons. The lowest BCUT2D eigenvalue weighted by atomic mass is 10.0. The summed E-state index contributed by atoms with van der Waals surface area (Å²) in [6.45, 7) is 4.23. The Balaban J connectivity index is 1.66. The maximum absolute atomic E-state index is 12.9. The fraction of sp³-hybridized carbons (Fsp3) is 0.316. The molecule has 0 saturated carbocycles. The second kappa shape index (κ2) is 6.83. The van der Waals surface area contributed by atoms with Gasteiger partial charge in [0.2, 0.25) is 5.91 Å². The van der Waals surface area contributed by atoms with Crippen LogP contribution in [0.15, 0.2) is 29.3 Å². The first-order valence-corrected chi connectivity index (χ1v) is 9.71. The fourth-order valence-electron chi connectivity index (χ4n) is 3.57. The smallest absolute Gasteiger partial charge is 0.269 e. The third-order valence-corrected chi connectivity index (χ3v) is 6.27. The van der Waals surface area contributed by atoms with Gasteiger partial charge in [0.1, 0.15) is 11.4 Å². The van der Waals surface area contributed by atoms with E-state index < -0.39 is 4.92 Å². The van der Waals surface area contributed by atoms with Crippen LogP contribution in [0, 0.1) is 24.0 Å². The highest BCUT2D eigenvalue weighted by Gasteiger charge is 2.25. The second-order valence-corrected chi connectivity index (χ2v) is 8.06. The van der Waals surface area contributed by atoms with Gasteiger partial charge in [0, 0.05) is 29.2 Å². The van der Waals surface area contributed by atoms with E-state index >= 15 is 0 Å². The van der Waals surface area contributed by atoms with E-state index in [0.29, 0.717) is 28.9 Å². The van der Waals surface area contributed by atoms with Crippen LogP contribution < -0.4 is 10.5 Å². The van der Waals surface area contributed by atoms with Crippen molar-refractivity contribution in [3.05, 3.63) is 61.0 Å². The number of anilines is 1. The molecule has 28 heavy (non-hydrogen) atoms. The fourth-order valence-corrected chi connectivity index (χ4v) is 4.56. The summed E-state index contributed by atoms with van der Waals surface area (Å²) in [6, 6.07) is 4.54. The zero-order chi connectivity index (χ0) is 20.0. The normalized spacial score (nSPS) is 13.6. The molecule has 4 rings (SSSR count). The summed E-state index contributed by atoms with van der Waals surface area (Å²) in [6.07, 6.45) is 2.81. The summed E-state index contributed by atoms with van der Waals surface area (Å²) in [5.74, 6) is -0.234. The standard InChI is InChI=1S/C19H18N4O4S/c1-11-12(2)28-18-17(11)19(25)21(10-20-18)9-16(24)22-7-3-4-13-8-14(23(26)27)5-6-15(13)22/h5-6,8,10H,3-4,7,9H2,1-2H3. The van der Waals surface area contributed by atoms with Gasteiger partial charge >= 0.3 is 0 Å². The minimum atomic E-state index is -0.438. The van der Waals surface area contributed by atoms with Crippen LogP contribution in [0.3, 0.4) is 0 Å².